The number of nitrogens with zero attached hydrogens (tertiary/aromatic N) is 1. The monoisotopic (exact) mass is 405 g/mol. The highest BCUT2D eigenvalue weighted by molar-refractivity contribution is 7.92. The smallest absolute Gasteiger partial charge is 0.261 e. The van der Waals surface area contributed by atoms with Gasteiger partial charge >= 0.3 is 0 Å². The van der Waals surface area contributed by atoms with Crippen molar-refractivity contribution in [2.45, 2.75) is 30.7 Å². The minimum absolute atomic E-state index is 0.0345. The van der Waals surface area contributed by atoms with E-state index in [1.54, 1.807) is 12.1 Å². The summed E-state index contributed by atoms with van der Waals surface area (Å²) in [6, 6.07) is 11.2. The zero-order valence-electron chi connectivity index (χ0n) is 15.7. The number of carbonyl (C=O) groups excluding carboxylic acids is 1. The molecule has 1 fully saturated rings. The van der Waals surface area contributed by atoms with Crippen molar-refractivity contribution in [1.29, 1.82) is 0 Å². The van der Waals surface area contributed by atoms with Gasteiger partial charge in [-0.05, 0) is 74.5 Å². The van der Waals surface area contributed by atoms with E-state index in [4.69, 9.17) is 0 Å². The van der Waals surface area contributed by atoms with E-state index >= 15 is 0 Å². The van der Waals surface area contributed by atoms with Gasteiger partial charge in [0.2, 0.25) is 0 Å². The molecule has 2 aromatic carbocycles. The van der Waals surface area contributed by atoms with Gasteiger partial charge in [-0.1, -0.05) is 6.92 Å². The van der Waals surface area contributed by atoms with Crippen molar-refractivity contribution in [2.24, 2.45) is 0 Å². The molecule has 1 heterocycles. The van der Waals surface area contributed by atoms with Crippen LogP contribution >= 0.6 is 0 Å². The molecule has 1 amide bonds. The maximum absolute atomic E-state index is 13.0. The van der Waals surface area contributed by atoms with Crippen molar-refractivity contribution < 1.29 is 17.6 Å². The van der Waals surface area contributed by atoms with Gasteiger partial charge in [0.05, 0.1) is 4.90 Å². The quantitative estimate of drug-likeness (QED) is 0.743. The zero-order valence-corrected chi connectivity index (χ0v) is 16.5. The number of sulfonamides is 1. The second-order valence-electron chi connectivity index (χ2n) is 6.77. The second kappa shape index (κ2) is 8.70. The van der Waals surface area contributed by atoms with Crippen LogP contribution in [0.3, 0.4) is 0 Å². The lowest BCUT2D eigenvalue weighted by molar-refractivity contribution is 0.0941. The SMILES string of the molecule is CCN1CCCC1CNC(=O)c1ccc(NS(=O)(=O)c2ccc(F)cc2)cc1. The summed E-state index contributed by atoms with van der Waals surface area (Å²) in [7, 11) is -3.82. The maximum atomic E-state index is 13.0. The van der Waals surface area contributed by atoms with Crippen molar-refractivity contribution in [1.82, 2.24) is 10.2 Å². The molecule has 0 bridgehead atoms. The predicted molar refractivity (Wildman–Crippen MR) is 106 cm³/mol. The van der Waals surface area contributed by atoms with Gasteiger partial charge in [-0.2, -0.15) is 0 Å². The lowest BCUT2D eigenvalue weighted by atomic mass is 10.1. The zero-order chi connectivity index (χ0) is 20.1. The van der Waals surface area contributed by atoms with Crippen LogP contribution in [-0.4, -0.2) is 44.9 Å². The van der Waals surface area contributed by atoms with E-state index in [1.807, 2.05) is 0 Å². The molecular formula is C20H24FN3O3S. The third-order valence-corrected chi connectivity index (χ3v) is 6.32. The minimum atomic E-state index is -3.82. The first-order valence-electron chi connectivity index (χ1n) is 9.30. The molecule has 1 saturated heterocycles. The van der Waals surface area contributed by atoms with Gasteiger partial charge in [0.1, 0.15) is 5.82 Å². The Morgan fingerprint density at radius 2 is 1.82 bits per heavy atom. The maximum Gasteiger partial charge on any atom is 0.261 e. The third kappa shape index (κ3) is 4.88. The summed E-state index contributed by atoms with van der Waals surface area (Å²) in [5, 5.41) is 2.95. The number of hydrogen-bond donors (Lipinski definition) is 2. The van der Waals surface area contributed by atoms with Crippen molar-refractivity contribution in [3.63, 3.8) is 0 Å². The summed E-state index contributed by atoms with van der Waals surface area (Å²) in [6.45, 7) is 4.76. The van der Waals surface area contributed by atoms with Crippen molar-refractivity contribution in [2.75, 3.05) is 24.4 Å². The van der Waals surface area contributed by atoms with Crippen LogP contribution in [0.1, 0.15) is 30.1 Å². The number of hydrogen-bond acceptors (Lipinski definition) is 4. The van der Waals surface area contributed by atoms with E-state index in [-0.39, 0.29) is 10.8 Å². The van der Waals surface area contributed by atoms with Crippen LogP contribution < -0.4 is 10.0 Å². The first-order valence-corrected chi connectivity index (χ1v) is 10.8. The predicted octanol–water partition coefficient (Wildman–Crippen LogP) is 2.84. The van der Waals surface area contributed by atoms with E-state index in [0.29, 0.717) is 23.8 Å². The highest BCUT2D eigenvalue weighted by Gasteiger charge is 2.23. The average Bonchev–Trinajstić information content (AvgIpc) is 3.14. The van der Waals surface area contributed by atoms with Crippen LogP contribution in [0, 0.1) is 5.82 Å². The Kier molecular flexibility index (Phi) is 6.31. The van der Waals surface area contributed by atoms with E-state index in [2.05, 4.69) is 21.9 Å². The molecule has 0 saturated carbocycles. The minimum Gasteiger partial charge on any atom is -0.350 e. The molecule has 150 valence electrons. The van der Waals surface area contributed by atoms with Gasteiger partial charge < -0.3 is 5.32 Å². The molecule has 3 rings (SSSR count). The Hall–Kier alpha value is -2.45. The first kappa shape index (κ1) is 20.3. The number of amides is 1. The molecule has 0 spiro atoms. The molecule has 1 unspecified atom stereocenters. The fourth-order valence-corrected chi connectivity index (χ4v) is 4.43. The summed E-state index contributed by atoms with van der Waals surface area (Å²) < 4.78 is 40.0. The summed E-state index contributed by atoms with van der Waals surface area (Å²) in [5.41, 5.74) is 0.791. The van der Waals surface area contributed by atoms with E-state index in [1.165, 1.54) is 24.3 Å². The number of carbonyl (C=O) groups is 1. The number of halogens is 1. The Balaban J connectivity index is 1.59. The molecule has 1 atom stereocenters. The molecule has 2 aromatic rings. The van der Waals surface area contributed by atoms with Gasteiger partial charge in [-0.25, -0.2) is 12.8 Å². The van der Waals surface area contributed by atoms with E-state index < -0.39 is 15.8 Å². The Labute approximate surface area is 164 Å². The average molecular weight is 405 g/mol. The molecule has 1 aliphatic rings. The lowest BCUT2D eigenvalue weighted by Gasteiger charge is -2.22. The second-order valence-corrected chi connectivity index (χ2v) is 8.45. The molecule has 6 nitrogen and oxygen atoms in total. The number of nitrogens with one attached hydrogen (secondary N) is 2. The van der Waals surface area contributed by atoms with Crippen LogP contribution in [0.4, 0.5) is 10.1 Å². The molecule has 8 heteroatoms. The molecular weight excluding hydrogens is 381 g/mol. The topological polar surface area (TPSA) is 78.5 Å². The van der Waals surface area contributed by atoms with Gasteiger partial charge in [-0.15, -0.1) is 0 Å². The fraction of sp³-hybridized carbons (Fsp3) is 0.350. The molecule has 2 N–H and O–H groups in total. The first-order chi connectivity index (χ1) is 13.4. The molecule has 1 aliphatic heterocycles. The number of likely N-dealkylation sites (tertiary alicyclic amines) is 1. The van der Waals surface area contributed by atoms with Crippen LogP contribution in [-0.2, 0) is 10.0 Å². The molecule has 0 radical (unpaired) electrons. The van der Waals surface area contributed by atoms with Crippen LogP contribution in [0.5, 0.6) is 0 Å². The number of likely N-dealkylation sites (N-methyl/N-ethyl adjacent to an activating group) is 1. The summed E-state index contributed by atoms with van der Waals surface area (Å²) in [5.74, 6) is -0.690. The van der Waals surface area contributed by atoms with Gasteiger partial charge in [0.15, 0.2) is 0 Å². The lowest BCUT2D eigenvalue weighted by Crippen LogP contribution is -2.40. The van der Waals surface area contributed by atoms with Crippen LogP contribution in [0.2, 0.25) is 0 Å². The van der Waals surface area contributed by atoms with E-state index in [0.717, 1.165) is 38.1 Å². The highest BCUT2D eigenvalue weighted by atomic mass is 32.2. The molecule has 28 heavy (non-hydrogen) atoms. The molecule has 0 aliphatic carbocycles. The number of anilines is 1. The Morgan fingerprint density at radius 3 is 2.46 bits per heavy atom. The highest BCUT2D eigenvalue weighted by Crippen LogP contribution is 2.18. The van der Waals surface area contributed by atoms with Gasteiger partial charge in [0, 0.05) is 23.8 Å². The standard InChI is InChI=1S/C20H24FN3O3S/c1-2-24-13-3-4-18(24)14-22-20(25)15-5-9-17(10-6-15)23-28(26,27)19-11-7-16(21)8-12-19/h5-12,18,23H,2-4,13-14H2,1H3,(H,22,25). The van der Waals surface area contributed by atoms with Gasteiger partial charge in [0.25, 0.3) is 15.9 Å². The number of rotatable bonds is 7. The van der Waals surface area contributed by atoms with E-state index in [9.17, 15) is 17.6 Å². The van der Waals surface area contributed by atoms with Crippen molar-refractivity contribution in [3.8, 4) is 0 Å². The molecule has 0 aromatic heterocycles. The van der Waals surface area contributed by atoms with Crippen molar-refractivity contribution in [3.05, 3.63) is 59.9 Å². The Bertz CT molecular complexity index is 915. The summed E-state index contributed by atoms with van der Waals surface area (Å²) in [6.07, 6.45) is 2.23. The fourth-order valence-electron chi connectivity index (χ4n) is 3.37. The Morgan fingerprint density at radius 1 is 1.14 bits per heavy atom. The normalized spacial score (nSPS) is 17.4. The number of benzene rings is 2. The summed E-state index contributed by atoms with van der Waals surface area (Å²) in [4.78, 5) is 14.7. The largest absolute Gasteiger partial charge is 0.350 e. The van der Waals surface area contributed by atoms with Crippen LogP contribution in [0.25, 0.3) is 0 Å². The summed E-state index contributed by atoms with van der Waals surface area (Å²) >= 11 is 0. The third-order valence-electron chi connectivity index (χ3n) is 4.93. The van der Waals surface area contributed by atoms with Crippen LogP contribution in [0.15, 0.2) is 53.4 Å². The van der Waals surface area contributed by atoms with Gasteiger partial charge in [-0.3, -0.25) is 14.4 Å². The van der Waals surface area contributed by atoms with Crippen molar-refractivity contribution >= 4 is 21.6 Å².